The summed E-state index contributed by atoms with van der Waals surface area (Å²) in [5.74, 6) is -2.38. The number of carboxylic acid groups (broad SMARTS) is 2. The smallest absolute Gasteiger partial charge is 0.336 e. The summed E-state index contributed by atoms with van der Waals surface area (Å²) >= 11 is 6.11. The Balaban J connectivity index is 2.82. The van der Waals surface area contributed by atoms with Crippen molar-refractivity contribution in [2.24, 2.45) is 5.73 Å². The maximum Gasteiger partial charge on any atom is 0.336 e. The molecule has 2 rings (SSSR count). The number of nitrogens with two attached hydrogens (primary N) is 1. The van der Waals surface area contributed by atoms with Crippen molar-refractivity contribution >= 4 is 23.5 Å². The molecule has 0 aliphatic heterocycles. The van der Waals surface area contributed by atoms with Crippen LogP contribution in [0.5, 0.6) is 0 Å². The van der Waals surface area contributed by atoms with Gasteiger partial charge in [0.25, 0.3) is 0 Å². The summed E-state index contributed by atoms with van der Waals surface area (Å²) in [4.78, 5) is 23.0. The Labute approximate surface area is 132 Å². The van der Waals surface area contributed by atoms with E-state index in [1.54, 1.807) is 19.1 Å². The Morgan fingerprint density at radius 1 is 1.14 bits per heavy atom. The van der Waals surface area contributed by atoms with E-state index in [4.69, 9.17) is 17.3 Å². The molecule has 0 aliphatic rings. The molecule has 4 N–H and O–H groups in total. The summed E-state index contributed by atoms with van der Waals surface area (Å²) in [5.41, 5.74) is 7.17. The summed E-state index contributed by atoms with van der Waals surface area (Å²) in [7, 11) is 0. The first-order chi connectivity index (χ1) is 10.4. The summed E-state index contributed by atoms with van der Waals surface area (Å²) in [5, 5.41) is 19.2. The van der Waals surface area contributed by atoms with Crippen LogP contribution in [0.3, 0.4) is 0 Å². The van der Waals surface area contributed by atoms with E-state index in [1.807, 2.05) is 0 Å². The third kappa shape index (κ3) is 2.81. The molecule has 0 unspecified atom stereocenters. The highest BCUT2D eigenvalue weighted by Gasteiger charge is 2.22. The largest absolute Gasteiger partial charge is 0.478 e. The van der Waals surface area contributed by atoms with Gasteiger partial charge in [0.2, 0.25) is 0 Å². The summed E-state index contributed by atoms with van der Waals surface area (Å²) in [6.07, 6.45) is 0. The average molecular weight is 320 g/mol. The fourth-order valence-electron chi connectivity index (χ4n) is 2.33. The van der Waals surface area contributed by atoms with E-state index >= 15 is 0 Å². The molecule has 114 valence electrons. The molecule has 0 saturated carbocycles. The van der Waals surface area contributed by atoms with Crippen LogP contribution in [-0.4, -0.2) is 22.2 Å². The zero-order chi connectivity index (χ0) is 16.4. The molecule has 5 nitrogen and oxygen atoms in total. The van der Waals surface area contributed by atoms with Crippen molar-refractivity contribution < 1.29 is 19.8 Å². The molecule has 0 aliphatic carbocycles. The minimum absolute atomic E-state index is 0.0449. The molecule has 0 radical (unpaired) electrons. The molecule has 2 aromatic carbocycles. The zero-order valence-electron chi connectivity index (χ0n) is 11.8. The number of aryl methyl sites for hydroxylation is 1. The highest BCUT2D eigenvalue weighted by atomic mass is 35.5. The van der Waals surface area contributed by atoms with Gasteiger partial charge in [-0.3, -0.25) is 0 Å². The van der Waals surface area contributed by atoms with Crippen LogP contribution in [-0.2, 0) is 6.54 Å². The molecule has 0 saturated heterocycles. The molecule has 6 heteroatoms. The van der Waals surface area contributed by atoms with Crippen LogP contribution in [0.1, 0.15) is 31.8 Å². The second-order valence-corrected chi connectivity index (χ2v) is 5.21. The summed E-state index contributed by atoms with van der Waals surface area (Å²) < 4.78 is 0. The van der Waals surface area contributed by atoms with Crippen LogP contribution in [0.15, 0.2) is 30.3 Å². The van der Waals surface area contributed by atoms with Gasteiger partial charge in [-0.2, -0.15) is 0 Å². The lowest BCUT2D eigenvalue weighted by Crippen LogP contribution is -2.09. The van der Waals surface area contributed by atoms with E-state index in [-0.39, 0.29) is 23.2 Å². The zero-order valence-corrected chi connectivity index (χ0v) is 12.5. The summed E-state index contributed by atoms with van der Waals surface area (Å²) in [6.45, 7) is 1.86. The SMILES string of the molecule is Cc1ccc(C(=O)O)c(-c2ccc(CN)c(Cl)c2)c1C(=O)O. The second-order valence-electron chi connectivity index (χ2n) is 4.80. The Morgan fingerprint density at radius 2 is 1.82 bits per heavy atom. The molecule has 0 atom stereocenters. The van der Waals surface area contributed by atoms with Crippen molar-refractivity contribution in [3.8, 4) is 11.1 Å². The van der Waals surface area contributed by atoms with Crippen molar-refractivity contribution in [2.75, 3.05) is 0 Å². The predicted molar refractivity (Wildman–Crippen MR) is 83.4 cm³/mol. The van der Waals surface area contributed by atoms with Crippen molar-refractivity contribution in [3.05, 3.63) is 57.6 Å². The number of hydrogen-bond acceptors (Lipinski definition) is 3. The molecule has 2 aromatic rings. The first kappa shape index (κ1) is 16.0. The molecule has 0 aromatic heterocycles. The number of rotatable bonds is 4. The van der Waals surface area contributed by atoms with Gasteiger partial charge in [-0.25, -0.2) is 9.59 Å². The molecule has 0 spiro atoms. The van der Waals surface area contributed by atoms with Crippen molar-refractivity contribution in [2.45, 2.75) is 13.5 Å². The number of benzene rings is 2. The second kappa shape index (κ2) is 6.17. The fraction of sp³-hybridized carbons (Fsp3) is 0.125. The van der Waals surface area contributed by atoms with Gasteiger partial charge in [0.1, 0.15) is 0 Å². The van der Waals surface area contributed by atoms with Gasteiger partial charge < -0.3 is 15.9 Å². The van der Waals surface area contributed by atoms with E-state index in [1.165, 1.54) is 18.2 Å². The normalized spacial score (nSPS) is 10.5. The lowest BCUT2D eigenvalue weighted by atomic mass is 9.90. The van der Waals surface area contributed by atoms with Crippen LogP contribution < -0.4 is 5.73 Å². The van der Waals surface area contributed by atoms with E-state index in [2.05, 4.69) is 0 Å². The number of carbonyl (C=O) groups is 2. The van der Waals surface area contributed by atoms with Gasteiger partial charge in [-0.05, 0) is 35.7 Å². The first-order valence-corrected chi connectivity index (χ1v) is 6.83. The Morgan fingerprint density at radius 3 is 2.32 bits per heavy atom. The molecular formula is C16H14ClNO4. The fourth-order valence-corrected chi connectivity index (χ4v) is 2.59. The Hall–Kier alpha value is -2.37. The maximum absolute atomic E-state index is 11.6. The minimum Gasteiger partial charge on any atom is -0.478 e. The van der Waals surface area contributed by atoms with Crippen LogP contribution in [0.4, 0.5) is 0 Å². The maximum atomic E-state index is 11.6. The minimum atomic E-state index is -1.20. The van der Waals surface area contributed by atoms with Gasteiger partial charge in [-0.15, -0.1) is 0 Å². The van der Waals surface area contributed by atoms with Gasteiger partial charge in [0, 0.05) is 17.1 Å². The highest BCUT2D eigenvalue weighted by molar-refractivity contribution is 6.31. The van der Waals surface area contributed by atoms with E-state index in [0.29, 0.717) is 21.7 Å². The van der Waals surface area contributed by atoms with Crippen molar-refractivity contribution in [1.82, 2.24) is 0 Å². The number of carboxylic acids is 2. The van der Waals surface area contributed by atoms with E-state index in [0.717, 1.165) is 0 Å². The number of hydrogen-bond donors (Lipinski definition) is 3. The molecular weight excluding hydrogens is 306 g/mol. The van der Waals surface area contributed by atoms with Gasteiger partial charge >= 0.3 is 11.9 Å². The monoisotopic (exact) mass is 319 g/mol. The average Bonchev–Trinajstić information content (AvgIpc) is 2.45. The van der Waals surface area contributed by atoms with Crippen molar-refractivity contribution in [1.29, 1.82) is 0 Å². The van der Waals surface area contributed by atoms with E-state index in [9.17, 15) is 19.8 Å². The van der Waals surface area contributed by atoms with Crippen LogP contribution in [0, 0.1) is 6.92 Å². The number of halogens is 1. The lowest BCUT2D eigenvalue weighted by molar-refractivity contribution is 0.0695. The lowest BCUT2D eigenvalue weighted by Gasteiger charge is -2.14. The molecule has 0 amide bonds. The van der Waals surface area contributed by atoms with E-state index < -0.39 is 11.9 Å². The van der Waals surface area contributed by atoms with Gasteiger partial charge in [0.15, 0.2) is 0 Å². The van der Waals surface area contributed by atoms with Crippen molar-refractivity contribution in [3.63, 3.8) is 0 Å². The highest BCUT2D eigenvalue weighted by Crippen LogP contribution is 2.33. The van der Waals surface area contributed by atoms with Crippen LogP contribution >= 0.6 is 11.6 Å². The molecule has 0 bridgehead atoms. The third-order valence-corrected chi connectivity index (χ3v) is 3.77. The molecule has 22 heavy (non-hydrogen) atoms. The number of aromatic carboxylic acids is 2. The van der Waals surface area contributed by atoms with Crippen LogP contribution in [0.2, 0.25) is 5.02 Å². The quantitative estimate of drug-likeness (QED) is 0.803. The molecule has 0 fully saturated rings. The first-order valence-electron chi connectivity index (χ1n) is 6.45. The van der Waals surface area contributed by atoms with Gasteiger partial charge in [-0.1, -0.05) is 29.8 Å². The standard InChI is InChI=1S/C16H14ClNO4/c1-8-2-5-11(15(19)20)14(13(8)16(21)22)9-3-4-10(7-18)12(17)6-9/h2-6H,7,18H2,1H3,(H,19,20)(H,21,22). The summed E-state index contributed by atoms with van der Waals surface area (Å²) in [6, 6.07) is 7.70. The Kier molecular flexibility index (Phi) is 4.49. The Bertz CT molecular complexity index is 771. The topological polar surface area (TPSA) is 101 Å². The van der Waals surface area contributed by atoms with Gasteiger partial charge in [0.05, 0.1) is 11.1 Å². The van der Waals surface area contributed by atoms with Crippen LogP contribution in [0.25, 0.3) is 11.1 Å². The third-order valence-electron chi connectivity index (χ3n) is 3.42. The molecule has 0 heterocycles. The predicted octanol–water partition coefficient (Wildman–Crippen LogP) is 3.17.